The molecule has 0 bridgehead atoms. The van der Waals surface area contributed by atoms with Crippen molar-refractivity contribution in [3.8, 4) is 5.75 Å². The van der Waals surface area contributed by atoms with E-state index in [1.165, 1.54) is 0 Å². The number of aromatic nitrogens is 2. The van der Waals surface area contributed by atoms with Gasteiger partial charge in [-0.3, -0.25) is 0 Å². The van der Waals surface area contributed by atoms with Crippen LogP contribution in [0.4, 0.5) is 5.82 Å². The molecule has 0 amide bonds. The highest BCUT2D eigenvalue weighted by molar-refractivity contribution is 6.33. The summed E-state index contributed by atoms with van der Waals surface area (Å²) in [5, 5.41) is 4.02. The molecule has 0 aliphatic carbocycles. The summed E-state index contributed by atoms with van der Waals surface area (Å²) in [7, 11) is 0. The van der Waals surface area contributed by atoms with Gasteiger partial charge in [0.15, 0.2) is 0 Å². The minimum atomic E-state index is 0.120. The highest BCUT2D eigenvalue weighted by atomic mass is 35.5. The van der Waals surface area contributed by atoms with Crippen molar-refractivity contribution in [1.82, 2.24) is 9.97 Å². The fraction of sp³-hybridized carbons (Fsp3) is 0.474. The Bertz CT molecular complexity index is 650. The predicted molar refractivity (Wildman–Crippen MR) is 102 cm³/mol. The summed E-state index contributed by atoms with van der Waals surface area (Å²) in [6, 6.07) is 8.20. The summed E-state index contributed by atoms with van der Waals surface area (Å²) in [6.45, 7) is 7.99. The SMILES string of the molecule is CCOCCOc1ccc(C(CC)Nc2ncnc(CC)c2Cl)cc1. The van der Waals surface area contributed by atoms with E-state index in [0.29, 0.717) is 30.7 Å². The first-order chi connectivity index (χ1) is 12.2. The Morgan fingerprint density at radius 3 is 2.48 bits per heavy atom. The Morgan fingerprint density at radius 1 is 1.08 bits per heavy atom. The van der Waals surface area contributed by atoms with E-state index in [2.05, 4.69) is 34.3 Å². The van der Waals surface area contributed by atoms with Crippen molar-refractivity contribution in [1.29, 1.82) is 0 Å². The average Bonchev–Trinajstić information content (AvgIpc) is 2.65. The molecule has 1 N–H and O–H groups in total. The summed E-state index contributed by atoms with van der Waals surface area (Å²) < 4.78 is 10.9. The third-order valence-electron chi connectivity index (χ3n) is 3.90. The molecule has 0 saturated heterocycles. The Kier molecular flexibility index (Phi) is 7.95. The Hall–Kier alpha value is -1.85. The molecule has 6 heteroatoms. The van der Waals surface area contributed by atoms with Crippen LogP contribution in [-0.4, -0.2) is 29.8 Å². The molecule has 0 saturated carbocycles. The van der Waals surface area contributed by atoms with Gasteiger partial charge >= 0.3 is 0 Å². The van der Waals surface area contributed by atoms with Crippen LogP contribution in [0.5, 0.6) is 5.75 Å². The fourth-order valence-corrected chi connectivity index (χ4v) is 2.78. The number of nitrogens with zero attached hydrogens (tertiary/aromatic N) is 2. The van der Waals surface area contributed by atoms with E-state index < -0.39 is 0 Å². The van der Waals surface area contributed by atoms with Crippen LogP contribution in [0.2, 0.25) is 5.02 Å². The number of hydrogen-bond acceptors (Lipinski definition) is 5. The molecule has 2 aromatic rings. The molecule has 136 valence electrons. The lowest BCUT2D eigenvalue weighted by Crippen LogP contribution is -2.12. The van der Waals surface area contributed by atoms with Crippen LogP contribution >= 0.6 is 11.6 Å². The summed E-state index contributed by atoms with van der Waals surface area (Å²) >= 11 is 6.39. The van der Waals surface area contributed by atoms with E-state index in [4.69, 9.17) is 21.1 Å². The van der Waals surface area contributed by atoms with Gasteiger partial charge < -0.3 is 14.8 Å². The fourth-order valence-electron chi connectivity index (χ4n) is 2.50. The van der Waals surface area contributed by atoms with E-state index in [1.54, 1.807) is 6.33 Å². The summed E-state index contributed by atoms with van der Waals surface area (Å²) in [4.78, 5) is 8.49. The van der Waals surface area contributed by atoms with Gasteiger partial charge in [-0.05, 0) is 37.5 Å². The quantitative estimate of drug-likeness (QED) is 0.621. The van der Waals surface area contributed by atoms with Crippen LogP contribution < -0.4 is 10.1 Å². The van der Waals surface area contributed by atoms with Crippen LogP contribution in [0.3, 0.4) is 0 Å². The molecular formula is C19H26ClN3O2. The lowest BCUT2D eigenvalue weighted by Gasteiger charge is -2.19. The summed E-state index contributed by atoms with van der Waals surface area (Å²) in [6.07, 6.45) is 3.24. The van der Waals surface area contributed by atoms with E-state index in [0.717, 1.165) is 29.8 Å². The molecule has 0 radical (unpaired) electrons. The lowest BCUT2D eigenvalue weighted by atomic mass is 10.0. The van der Waals surface area contributed by atoms with Crippen molar-refractivity contribution in [2.75, 3.05) is 25.1 Å². The van der Waals surface area contributed by atoms with Crippen molar-refractivity contribution in [3.63, 3.8) is 0 Å². The summed E-state index contributed by atoms with van der Waals surface area (Å²) in [5.74, 6) is 1.52. The zero-order valence-electron chi connectivity index (χ0n) is 15.1. The highest BCUT2D eigenvalue weighted by Gasteiger charge is 2.14. The van der Waals surface area contributed by atoms with Crippen LogP contribution in [0, 0.1) is 0 Å². The number of hydrogen-bond donors (Lipinski definition) is 1. The number of aryl methyl sites for hydroxylation is 1. The second-order valence-corrected chi connectivity index (χ2v) is 5.93. The molecular weight excluding hydrogens is 338 g/mol. The molecule has 1 unspecified atom stereocenters. The molecule has 0 fully saturated rings. The minimum absolute atomic E-state index is 0.120. The molecule has 25 heavy (non-hydrogen) atoms. The first-order valence-electron chi connectivity index (χ1n) is 8.75. The van der Waals surface area contributed by atoms with Gasteiger partial charge in [-0.2, -0.15) is 0 Å². The monoisotopic (exact) mass is 363 g/mol. The van der Waals surface area contributed by atoms with Crippen LogP contribution in [-0.2, 0) is 11.2 Å². The van der Waals surface area contributed by atoms with Gasteiger partial charge in [-0.15, -0.1) is 0 Å². The van der Waals surface area contributed by atoms with Gasteiger partial charge in [0.05, 0.1) is 18.3 Å². The molecule has 1 atom stereocenters. The van der Waals surface area contributed by atoms with Gasteiger partial charge in [0.25, 0.3) is 0 Å². The van der Waals surface area contributed by atoms with E-state index >= 15 is 0 Å². The Labute approximate surface area is 154 Å². The second-order valence-electron chi connectivity index (χ2n) is 5.56. The Balaban J connectivity index is 2.03. The number of halogens is 1. The maximum Gasteiger partial charge on any atom is 0.149 e. The van der Waals surface area contributed by atoms with Gasteiger partial charge in [0.1, 0.15) is 29.5 Å². The van der Waals surface area contributed by atoms with Crippen molar-refractivity contribution in [3.05, 3.63) is 46.9 Å². The number of benzene rings is 1. The van der Waals surface area contributed by atoms with E-state index in [-0.39, 0.29) is 6.04 Å². The molecule has 5 nitrogen and oxygen atoms in total. The molecule has 0 spiro atoms. The second kappa shape index (κ2) is 10.2. The van der Waals surface area contributed by atoms with Crippen molar-refractivity contribution >= 4 is 17.4 Å². The third-order valence-corrected chi connectivity index (χ3v) is 4.30. The molecule has 0 aliphatic heterocycles. The summed E-state index contributed by atoms with van der Waals surface area (Å²) in [5.41, 5.74) is 2.01. The maximum atomic E-state index is 6.39. The molecule has 1 aromatic heterocycles. The zero-order valence-corrected chi connectivity index (χ0v) is 15.8. The topological polar surface area (TPSA) is 56.3 Å². The number of ether oxygens (including phenoxy) is 2. The maximum absolute atomic E-state index is 6.39. The van der Waals surface area contributed by atoms with Gasteiger partial charge in [0, 0.05) is 6.61 Å². The Morgan fingerprint density at radius 2 is 1.84 bits per heavy atom. The van der Waals surface area contributed by atoms with Crippen molar-refractivity contribution < 1.29 is 9.47 Å². The highest BCUT2D eigenvalue weighted by Crippen LogP contribution is 2.28. The number of nitrogens with one attached hydrogen (secondary N) is 1. The normalized spacial score (nSPS) is 12.0. The zero-order chi connectivity index (χ0) is 18.1. The molecule has 1 aromatic carbocycles. The average molecular weight is 364 g/mol. The van der Waals surface area contributed by atoms with Crippen molar-refractivity contribution in [2.24, 2.45) is 0 Å². The smallest absolute Gasteiger partial charge is 0.149 e. The molecule has 2 rings (SSSR count). The molecule has 0 aliphatic rings. The molecule has 1 heterocycles. The lowest BCUT2D eigenvalue weighted by molar-refractivity contribution is 0.110. The number of rotatable bonds is 10. The largest absolute Gasteiger partial charge is 0.491 e. The first kappa shape index (κ1) is 19.5. The van der Waals surface area contributed by atoms with Crippen molar-refractivity contribution in [2.45, 2.75) is 39.7 Å². The van der Waals surface area contributed by atoms with Crippen LogP contribution in [0.1, 0.15) is 44.5 Å². The predicted octanol–water partition coefficient (Wildman–Crippen LogP) is 4.67. The minimum Gasteiger partial charge on any atom is -0.491 e. The van der Waals surface area contributed by atoms with Gasteiger partial charge in [-0.1, -0.05) is 37.6 Å². The first-order valence-corrected chi connectivity index (χ1v) is 9.13. The van der Waals surface area contributed by atoms with E-state index in [1.807, 2.05) is 26.0 Å². The number of anilines is 1. The van der Waals surface area contributed by atoms with Gasteiger partial charge in [0.2, 0.25) is 0 Å². The third kappa shape index (κ3) is 5.58. The van der Waals surface area contributed by atoms with Gasteiger partial charge in [-0.25, -0.2) is 9.97 Å². The van der Waals surface area contributed by atoms with E-state index in [9.17, 15) is 0 Å². The van der Waals surface area contributed by atoms with Crippen LogP contribution in [0.25, 0.3) is 0 Å². The standard InChI is InChI=1S/C19H26ClN3O2/c1-4-16(23-19-18(20)17(5-2)21-13-22-19)14-7-9-15(10-8-14)25-12-11-24-6-3/h7-10,13,16H,4-6,11-12H2,1-3H3,(H,21,22,23). The van der Waals surface area contributed by atoms with Crippen LogP contribution in [0.15, 0.2) is 30.6 Å².